The molecule has 0 radical (unpaired) electrons. The first-order valence-electron chi connectivity index (χ1n) is 7.35. The average molecular weight is 314 g/mol. The standard InChI is InChI=1S/C16H18N4OS/c1-4-17-16-18-10(3)11-9-12(13-7-6-8-22-13)15(21)20(5-2)14(11)19-16/h6-9H,4-5H2,1-3H3,(H,17,18,19). The summed E-state index contributed by atoms with van der Waals surface area (Å²) in [4.78, 5) is 22.8. The van der Waals surface area contributed by atoms with Crippen molar-refractivity contribution < 1.29 is 0 Å². The van der Waals surface area contributed by atoms with E-state index in [0.717, 1.165) is 22.5 Å². The van der Waals surface area contributed by atoms with Gasteiger partial charge in [0.1, 0.15) is 5.65 Å². The van der Waals surface area contributed by atoms with Gasteiger partial charge in [-0.1, -0.05) is 6.07 Å². The molecule has 3 heterocycles. The van der Waals surface area contributed by atoms with Crippen molar-refractivity contribution in [2.75, 3.05) is 11.9 Å². The van der Waals surface area contributed by atoms with E-state index in [4.69, 9.17) is 0 Å². The molecule has 0 saturated carbocycles. The molecule has 1 N–H and O–H groups in total. The Kier molecular flexibility index (Phi) is 3.94. The molecule has 3 rings (SSSR count). The van der Waals surface area contributed by atoms with Crippen molar-refractivity contribution >= 4 is 28.3 Å². The van der Waals surface area contributed by atoms with Crippen LogP contribution in [0.5, 0.6) is 0 Å². The molecule has 0 aromatic carbocycles. The van der Waals surface area contributed by atoms with Gasteiger partial charge in [0, 0.05) is 23.4 Å². The zero-order valence-corrected chi connectivity index (χ0v) is 13.7. The van der Waals surface area contributed by atoms with E-state index >= 15 is 0 Å². The minimum absolute atomic E-state index is 0.00185. The predicted molar refractivity (Wildman–Crippen MR) is 91.7 cm³/mol. The van der Waals surface area contributed by atoms with Crippen LogP contribution < -0.4 is 10.9 Å². The summed E-state index contributed by atoms with van der Waals surface area (Å²) >= 11 is 1.57. The number of aryl methyl sites for hydroxylation is 2. The zero-order chi connectivity index (χ0) is 15.7. The minimum atomic E-state index is -0.00185. The first kappa shape index (κ1) is 14.7. The molecule has 3 aromatic heterocycles. The van der Waals surface area contributed by atoms with Crippen LogP contribution in [0.15, 0.2) is 28.4 Å². The Bertz CT molecular complexity index is 868. The maximum Gasteiger partial charge on any atom is 0.260 e. The number of hydrogen-bond donors (Lipinski definition) is 1. The van der Waals surface area contributed by atoms with Crippen LogP contribution in [0.25, 0.3) is 21.5 Å². The van der Waals surface area contributed by atoms with Crippen LogP contribution in [-0.2, 0) is 6.54 Å². The van der Waals surface area contributed by atoms with Crippen LogP contribution in [-0.4, -0.2) is 21.1 Å². The Morgan fingerprint density at radius 2 is 2.14 bits per heavy atom. The number of nitrogens with zero attached hydrogens (tertiary/aromatic N) is 3. The zero-order valence-electron chi connectivity index (χ0n) is 12.9. The number of pyridine rings is 1. The van der Waals surface area contributed by atoms with Crippen molar-refractivity contribution in [2.24, 2.45) is 0 Å². The molecule has 5 nitrogen and oxygen atoms in total. The first-order valence-corrected chi connectivity index (χ1v) is 8.23. The van der Waals surface area contributed by atoms with Crippen molar-refractivity contribution in [1.29, 1.82) is 0 Å². The SMILES string of the molecule is CCNc1nc(C)c2cc(-c3cccs3)c(=O)n(CC)c2n1. The molecule has 0 atom stereocenters. The van der Waals surface area contributed by atoms with Crippen LogP contribution in [0, 0.1) is 6.92 Å². The number of nitrogens with one attached hydrogen (secondary N) is 1. The molecule has 0 fully saturated rings. The maximum absolute atomic E-state index is 12.8. The van der Waals surface area contributed by atoms with E-state index in [-0.39, 0.29) is 5.56 Å². The highest BCUT2D eigenvalue weighted by molar-refractivity contribution is 7.13. The molecule has 3 aromatic rings. The summed E-state index contributed by atoms with van der Waals surface area (Å²) in [5.41, 5.74) is 2.28. The number of thiophene rings is 1. The van der Waals surface area contributed by atoms with Crippen LogP contribution in [0.1, 0.15) is 19.5 Å². The molecule has 0 bridgehead atoms. The molecule has 0 aliphatic heterocycles. The molecular formula is C16H18N4OS. The van der Waals surface area contributed by atoms with Gasteiger partial charge in [0.15, 0.2) is 0 Å². The topological polar surface area (TPSA) is 59.8 Å². The number of hydrogen-bond acceptors (Lipinski definition) is 5. The van der Waals surface area contributed by atoms with Gasteiger partial charge in [0.2, 0.25) is 5.95 Å². The summed E-state index contributed by atoms with van der Waals surface area (Å²) < 4.78 is 1.72. The first-order chi connectivity index (χ1) is 10.7. The van der Waals surface area contributed by atoms with Crippen LogP contribution >= 0.6 is 11.3 Å². The Balaban J connectivity index is 2.36. The summed E-state index contributed by atoms with van der Waals surface area (Å²) in [6.45, 7) is 7.23. The van der Waals surface area contributed by atoms with E-state index in [1.54, 1.807) is 15.9 Å². The van der Waals surface area contributed by atoms with Gasteiger partial charge in [-0.3, -0.25) is 9.36 Å². The second-order valence-corrected chi connectivity index (χ2v) is 5.93. The molecule has 6 heteroatoms. The van der Waals surface area contributed by atoms with Crippen LogP contribution in [0.4, 0.5) is 5.95 Å². The van der Waals surface area contributed by atoms with Gasteiger partial charge < -0.3 is 5.32 Å². The van der Waals surface area contributed by atoms with Crippen LogP contribution in [0.2, 0.25) is 0 Å². The van der Waals surface area contributed by atoms with Gasteiger partial charge >= 0.3 is 0 Å². The molecular weight excluding hydrogens is 296 g/mol. The normalized spacial score (nSPS) is 11.0. The Morgan fingerprint density at radius 3 is 2.77 bits per heavy atom. The van der Waals surface area contributed by atoms with Gasteiger partial charge in [-0.2, -0.15) is 4.98 Å². The molecule has 0 aliphatic rings. The third-order valence-electron chi connectivity index (χ3n) is 3.57. The van der Waals surface area contributed by atoms with Gasteiger partial charge in [-0.15, -0.1) is 11.3 Å². The highest BCUT2D eigenvalue weighted by Gasteiger charge is 2.14. The van der Waals surface area contributed by atoms with Crippen LogP contribution in [0.3, 0.4) is 0 Å². The number of anilines is 1. The number of fused-ring (bicyclic) bond motifs is 1. The lowest BCUT2D eigenvalue weighted by Crippen LogP contribution is -2.22. The van der Waals surface area contributed by atoms with Gasteiger partial charge in [-0.25, -0.2) is 4.98 Å². The van der Waals surface area contributed by atoms with Crippen molar-refractivity contribution in [3.05, 3.63) is 39.6 Å². The van der Waals surface area contributed by atoms with Crippen molar-refractivity contribution in [1.82, 2.24) is 14.5 Å². The van der Waals surface area contributed by atoms with Crippen molar-refractivity contribution in [2.45, 2.75) is 27.3 Å². The fourth-order valence-electron chi connectivity index (χ4n) is 2.53. The Morgan fingerprint density at radius 1 is 1.32 bits per heavy atom. The van der Waals surface area contributed by atoms with Crippen molar-refractivity contribution in [3.63, 3.8) is 0 Å². The highest BCUT2D eigenvalue weighted by Crippen LogP contribution is 2.26. The second kappa shape index (κ2) is 5.88. The summed E-state index contributed by atoms with van der Waals surface area (Å²) in [7, 11) is 0. The minimum Gasteiger partial charge on any atom is -0.354 e. The van der Waals surface area contributed by atoms with E-state index in [0.29, 0.717) is 23.7 Å². The molecule has 0 amide bonds. The summed E-state index contributed by atoms with van der Waals surface area (Å²) in [6, 6.07) is 5.84. The van der Waals surface area contributed by atoms with Gasteiger partial charge in [-0.05, 0) is 38.3 Å². The number of rotatable bonds is 4. The molecule has 22 heavy (non-hydrogen) atoms. The van der Waals surface area contributed by atoms with E-state index in [1.807, 2.05) is 44.4 Å². The molecule has 0 unspecified atom stereocenters. The average Bonchev–Trinajstić information content (AvgIpc) is 3.01. The predicted octanol–water partition coefficient (Wildman–Crippen LogP) is 3.28. The fraction of sp³-hybridized carbons (Fsp3) is 0.312. The van der Waals surface area contributed by atoms with E-state index < -0.39 is 0 Å². The maximum atomic E-state index is 12.8. The van der Waals surface area contributed by atoms with Gasteiger partial charge in [0.25, 0.3) is 5.56 Å². The Labute approximate surface area is 132 Å². The molecule has 0 aliphatic carbocycles. The van der Waals surface area contributed by atoms with Crippen molar-refractivity contribution in [3.8, 4) is 10.4 Å². The number of aromatic nitrogens is 3. The highest BCUT2D eigenvalue weighted by atomic mass is 32.1. The lowest BCUT2D eigenvalue weighted by Gasteiger charge is -2.12. The second-order valence-electron chi connectivity index (χ2n) is 4.98. The summed E-state index contributed by atoms with van der Waals surface area (Å²) in [5, 5.41) is 6.02. The summed E-state index contributed by atoms with van der Waals surface area (Å²) in [5.74, 6) is 0.568. The fourth-order valence-corrected chi connectivity index (χ4v) is 3.26. The smallest absolute Gasteiger partial charge is 0.260 e. The lowest BCUT2D eigenvalue weighted by atomic mass is 10.1. The monoisotopic (exact) mass is 314 g/mol. The van der Waals surface area contributed by atoms with E-state index in [1.165, 1.54) is 0 Å². The Hall–Kier alpha value is -2.21. The van der Waals surface area contributed by atoms with E-state index in [9.17, 15) is 4.79 Å². The lowest BCUT2D eigenvalue weighted by molar-refractivity contribution is 0.750. The largest absolute Gasteiger partial charge is 0.354 e. The van der Waals surface area contributed by atoms with Gasteiger partial charge in [0.05, 0.1) is 11.3 Å². The molecule has 0 saturated heterocycles. The quantitative estimate of drug-likeness (QED) is 0.803. The third-order valence-corrected chi connectivity index (χ3v) is 4.48. The summed E-state index contributed by atoms with van der Waals surface area (Å²) in [6.07, 6.45) is 0. The third kappa shape index (κ3) is 2.39. The molecule has 0 spiro atoms. The van der Waals surface area contributed by atoms with E-state index in [2.05, 4.69) is 15.3 Å². The molecule has 114 valence electrons.